The Kier molecular flexibility index (Phi) is 6.46. The third-order valence-electron chi connectivity index (χ3n) is 6.35. The molecule has 0 unspecified atom stereocenters. The highest BCUT2D eigenvalue weighted by atomic mass is 16.1. The van der Waals surface area contributed by atoms with Gasteiger partial charge in [0.25, 0.3) is 5.91 Å². The second kappa shape index (κ2) is 9.46. The minimum atomic E-state index is -0.614. The molecule has 1 amide bonds. The number of para-hydroxylation sites is 1. The van der Waals surface area contributed by atoms with E-state index in [1.54, 1.807) is 13.0 Å². The minimum absolute atomic E-state index is 0.00841. The first-order chi connectivity index (χ1) is 15.9. The summed E-state index contributed by atoms with van der Waals surface area (Å²) in [5.74, 6) is -0.435. The number of amidine groups is 1. The molecule has 2 atom stereocenters. The van der Waals surface area contributed by atoms with Crippen LogP contribution in [0, 0.1) is 5.41 Å². The topological polar surface area (TPSA) is 134 Å². The van der Waals surface area contributed by atoms with Crippen LogP contribution in [0.15, 0.2) is 59.1 Å². The number of nitrogens with zero attached hydrogens (tertiary/aromatic N) is 2. The summed E-state index contributed by atoms with van der Waals surface area (Å²) >= 11 is 0. The van der Waals surface area contributed by atoms with Crippen molar-refractivity contribution in [3.8, 4) is 0 Å². The number of nitrogens with one attached hydrogen (secondary N) is 3. The van der Waals surface area contributed by atoms with Gasteiger partial charge >= 0.3 is 0 Å². The lowest BCUT2D eigenvalue weighted by Gasteiger charge is -2.29. The molecule has 1 aliphatic rings. The van der Waals surface area contributed by atoms with Crippen LogP contribution in [-0.4, -0.2) is 34.4 Å². The molecule has 8 nitrogen and oxygen atoms in total. The van der Waals surface area contributed by atoms with E-state index in [0.29, 0.717) is 0 Å². The summed E-state index contributed by atoms with van der Waals surface area (Å²) in [6.07, 6.45) is 5.59. The highest BCUT2D eigenvalue weighted by Crippen LogP contribution is 2.30. The van der Waals surface area contributed by atoms with Crippen molar-refractivity contribution in [2.75, 3.05) is 5.32 Å². The van der Waals surface area contributed by atoms with Crippen molar-refractivity contribution >= 4 is 45.2 Å². The van der Waals surface area contributed by atoms with E-state index in [9.17, 15) is 4.79 Å². The molecular formula is C25H31N7O. The zero-order valence-electron chi connectivity index (χ0n) is 19.1. The van der Waals surface area contributed by atoms with Gasteiger partial charge in [0.15, 0.2) is 0 Å². The van der Waals surface area contributed by atoms with Crippen LogP contribution in [-0.2, 0) is 11.8 Å². The quantitative estimate of drug-likeness (QED) is 0.239. The van der Waals surface area contributed by atoms with Crippen molar-refractivity contribution in [2.24, 2.45) is 23.5 Å². The van der Waals surface area contributed by atoms with Gasteiger partial charge in [-0.2, -0.15) is 4.99 Å². The van der Waals surface area contributed by atoms with Crippen LogP contribution in [0.5, 0.6) is 0 Å². The summed E-state index contributed by atoms with van der Waals surface area (Å²) in [6.45, 7) is 1.72. The largest absolute Gasteiger partial charge is 0.365 e. The Balaban J connectivity index is 1.67. The Labute approximate surface area is 193 Å². The summed E-state index contributed by atoms with van der Waals surface area (Å²) in [4.78, 5) is 16.5. The molecule has 1 aromatic heterocycles. The second-order valence-electron chi connectivity index (χ2n) is 8.51. The van der Waals surface area contributed by atoms with E-state index in [2.05, 4.69) is 32.3 Å². The van der Waals surface area contributed by atoms with Crippen LogP contribution in [0.4, 0.5) is 5.69 Å². The van der Waals surface area contributed by atoms with Gasteiger partial charge in [-0.1, -0.05) is 37.1 Å². The van der Waals surface area contributed by atoms with Gasteiger partial charge in [0.05, 0.1) is 5.57 Å². The number of aryl methyl sites for hydroxylation is 1. The standard InChI is InChI=1S/C25H31N7O/c1-3-16(23(27)33)24(31-25(28)30-20-10-6-5-9-19(20)26)29-15-12-13-22-18(14-15)17-8-4-7-11-21(17)32(22)2/h3-4,7-8,11-14,19-20H,5-6,9-10,26H2,1-2H3,(H2,27,33)(H3,28,29,30,31)/b16-3-/t19-,20+/m0/s1. The molecule has 3 aromatic rings. The molecule has 0 aliphatic heterocycles. The van der Waals surface area contributed by atoms with Crippen LogP contribution in [0.3, 0.4) is 0 Å². The number of primary amides is 1. The maximum atomic E-state index is 12.1. The number of aliphatic imine (C=N–C) groups is 1. The number of anilines is 1. The molecule has 2 aromatic carbocycles. The number of guanidine groups is 1. The Hall–Kier alpha value is -3.65. The van der Waals surface area contributed by atoms with Crippen molar-refractivity contribution in [3.05, 3.63) is 54.1 Å². The lowest BCUT2D eigenvalue weighted by atomic mass is 9.91. The molecule has 7 N–H and O–H groups in total. The first-order valence-electron chi connectivity index (χ1n) is 11.3. The average molecular weight is 446 g/mol. The zero-order valence-corrected chi connectivity index (χ0v) is 19.1. The predicted octanol–water partition coefficient (Wildman–Crippen LogP) is 3.37. The van der Waals surface area contributed by atoms with E-state index in [-0.39, 0.29) is 29.5 Å². The Morgan fingerprint density at radius 2 is 1.88 bits per heavy atom. The fourth-order valence-electron chi connectivity index (χ4n) is 4.59. The van der Waals surface area contributed by atoms with Crippen LogP contribution in [0.25, 0.3) is 21.8 Å². The van der Waals surface area contributed by atoms with E-state index in [1.807, 2.05) is 37.4 Å². The number of carbonyl (C=O) groups is 1. The van der Waals surface area contributed by atoms with E-state index in [4.69, 9.17) is 16.9 Å². The number of carbonyl (C=O) groups excluding carboxylic acids is 1. The van der Waals surface area contributed by atoms with Gasteiger partial charge in [-0.15, -0.1) is 0 Å². The highest BCUT2D eigenvalue weighted by Gasteiger charge is 2.23. The summed E-state index contributed by atoms with van der Waals surface area (Å²) < 4.78 is 2.15. The molecule has 0 radical (unpaired) electrons. The monoisotopic (exact) mass is 445 g/mol. The van der Waals surface area contributed by atoms with Gasteiger partial charge in [-0.05, 0) is 44.0 Å². The molecule has 33 heavy (non-hydrogen) atoms. The number of hydrogen-bond acceptors (Lipinski definition) is 3. The summed E-state index contributed by atoms with van der Waals surface area (Å²) in [5.41, 5.74) is 15.0. The van der Waals surface area contributed by atoms with Crippen molar-refractivity contribution in [2.45, 2.75) is 44.7 Å². The van der Waals surface area contributed by atoms with Gasteiger partial charge < -0.3 is 26.7 Å². The number of rotatable bonds is 4. The number of hydrogen-bond donors (Lipinski definition) is 5. The van der Waals surface area contributed by atoms with Gasteiger partial charge in [-0.3, -0.25) is 10.2 Å². The van der Waals surface area contributed by atoms with Crippen molar-refractivity contribution in [1.82, 2.24) is 9.88 Å². The lowest BCUT2D eigenvalue weighted by Crippen LogP contribution is -2.49. The maximum absolute atomic E-state index is 12.1. The molecule has 1 fully saturated rings. The number of aromatic nitrogens is 1. The van der Waals surface area contributed by atoms with E-state index < -0.39 is 5.91 Å². The molecule has 172 valence electrons. The first kappa shape index (κ1) is 22.5. The summed E-state index contributed by atoms with van der Waals surface area (Å²) in [7, 11) is 2.04. The van der Waals surface area contributed by atoms with Gasteiger partial charge in [0.1, 0.15) is 5.84 Å². The molecule has 4 rings (SSSR count). The number of amides is 1. The average Bonchev–Trinajstić information content (AvgIpc) is 3.07. The molecular weight excluding hydrogens is 414 g/mol. The smallest absolute Gasteiger partial charge is 0.252 e. The van der Waals surface area contributed by atoms with Crippen LogP contribution < -0.4 is 22.1 Å². The normalized spacial score (nSPS) is 19.6. The Morgan fingerprint density at radius 3 is 2.61 bits per heavy atom. The molecule has 1 aliphatic carbocycles. The van der Waals surface area contributed by atoms with Gasteiger partial charge in [0.2, 0.25) is 5.96 Å². The minimum Gasteiger partial charge on any atom is -0.365 e. The van der Waals surface area contributed by atoms with Gasteiger partial charge in [0, 0.05) is 46.6 Å². The summed E-state index contributed by atoms with van der Waals surface area (Å²) in [5, 5.41) is 16.9. The zero-order chi connectivity index (χ0) is 23.5. The van der Waals surface area contributed by atoms with E-state index in [0.717, 1.165) is 53.2 Å². The number of allylic oxidation sites excluding steroid dienone is 1. The van der Waals surface area contributed by atoms with Crippen molar-refractivity contribution < 1.29 is 4.79 Å². The molecule has 1 heterocycles. The number of fused-ring (bicyclic) bond motifs is 3. The second-order valence-corrected chi connectivity index (χ2v) is 8.51. The fraction of sp³-hybridized carbons (Fsp3) is 0.320. The van der Waals surface area contributed by atoms with E-state index >= 15 is 0 Å². The predicted molar refractivity (Wildman–Crippen MR) is 136 cm³/mol. The van der Waals surface area contributed by atoms with E-state index in [1.165, 1.54) is 0 Å². The number of nitrogens with two attached hydrogens (primary N) is 2. The van der Waals surface area contributed by atoms with Crippen molar-refractivity contribution in [1.29, 1.82) is 5.41 Å². The summed E-state index contributed by atoms with van der Waals surface area (Å²) in [6, 6.07) is 14.2. The van der Waals surface area contributed by atoms with Crippen LogP contribution in [0.2, 0.25) is 0 Å². The van der Waals surface area contributed by atoms with Crippen LogP contribution in [0.1, 0.15) is 32.6 Å². The SMILES string of the molecule is C/C=C(C(N)=O)\C(=N/C(=N)N[C@@H]1CCCC[C@@H]1N)Nc1ccc2c(c1)c1ccccc1n2C. The highest BCUT2D eigenvalue weighted by molar-refractivity contribution is 6.27. The van der Waals surface area contributed by atoms with Gasteiger partial charge in [-0.25, -0.2) is 0 Å². The molecule has 8 heteroatoms. The van der Waals surface area contributed by atoms with Crippen molar-refractivity contribution in [3.63, 3.8) is 0 Å². The Morgan fingerprint density at radius 1 is 1.15 bits per heavy atom. The third kappa shape index (κ3) is 4.61. The molecule has 0 spiro atoms. The fourth-order valence-corrected chi connectivity index (χ4v) is 4.59. The molecule has 0 saturated heterocycles. The molecule has 0 bridgehead atoms. The van der Waals surface area contributed by atoms with Crippen LogP contribution >= 0.6 is 0 Å². The number of benzene rings is 2. The Bertz CT molecular complexity index is 1270. The molecule has 1 saturated carbocycles. The maximum Gasteiger partial charge on any atom is 0.252 e. The first-order valence-corrected chi connectivity index (χ1v) is 11.3. The third-order valence-corrected chi connectivity index (χ3v) is 6.35. The lowest BCUT2D eigenvalue weighted by molar-refractivity contribution is -0.114.